The summed E-state index contributed by atoms with van der Waals surface area (Å²) >= 11 is 0. The molecular weight excluding hydrogens is 314 g/mol. The molecule has 134 valence electrons. The van der Waals surface area contributed by atoms with Gasteiger partial charge in [-0.1, -0.05) is 13.8 Å². The normalized spacial score (nSPS) is 20.5. The third-order valence-corrected chi connectivity index (χ3v) is 4.73. The summed E-state index contributed by atoms with van der Waals surface area (Å²) in [6.07, 6.45) is 6.02. The fraction of sp³-hybridized carbons (Fsp3) is 0.500. The maximum Gasteiger partial charge on any atom is 0.226 e. The molecule has 0 unspecified atom stereocenters. The first-order valence-electron chi connectivity index (χ1n) is 9.11. The Kier molecular flexibility index (Phi) is 5.41. The maximum absolute atomic E-state index is 11.1. The molecule has 2 N–H and O–H groups in total. The summed E-state index contributed by atoms with van der Waals surface area (Å²) in [5, 5.41) is 6.61. The predicted molar refractivity (Wildman–Crippen MR) is 99.5 cm³/mol. The number of carbonyl (C=O) groups is 1. The summed E-state index contributed by atoms with van der Waals surface area (Å²) in [6, 6.07) is 9.04. The van der Waals surface area contributed by atoms with Crippen molar-refractivity contribution in [2.24, 2.45) is 0 Å². The lowest BCUT2D eigenvalue weighted by molar-refractivity contribution is -0.119. The summed E-state index contributed by atoms with van der Waals surface area (Å²) in [7, 11) is 0. The largest absolute Gasteiger partial charge is 0.441 e. The van der Waals surface area contributed by atoms with Gasteiger partial charge in [-0.3, -0.25) is 4.79 Å². The van der Waals surface area contributed by atoms with E-state index in [4.69, 9.17) is 4.42 Å². The van der Waals surface area contributed by atoms with Gasteiger partial charge in [0, 0.05) is 36.2 Å². The van der Waals surface area contributed by atoms with Gasteiger partial charge in [0.05, 0.1) is 6.20 Å². The van der Waals surface area contributed by atoms with Crippen LogP contribution in [0.4, 0.5) is 5.69 Å². The first-order chi connectivity index (χ1) is 12.0. The molecule has 1 amide bonds. The minimum atomic E-state index is 0.0687. The van der Waals surface area contributed by atoms with E-state index in [0.29, 0.717) is 23.9 Å². The lowest BCUT2D eigenvalue weighted by atomic mass is 9.91. The molecule has 25 heavy (non-hydrogen) atoms. The molecule has 1 aliphatic carbocycles. The van der Waals surface area contributed by atoms with E-state index < -0.39 is 0 Å². The number of nitrogens with zero attached hydrogens (tertiary/aromatic N) is 1. The van der Waals surface area contributed by atoms with Crippen LogP contribution in [0.25, 0.3) is 11.5 Å². The van der Waals surface area contributed by atoms with Crippen LogP contribution < -0.4 is 10.6 Å². The quantitative estimate of drug-likeness (QED) is 0.850. The topological polar surface area (TPSA) is 67.2 Å². The average Bonchev–Trinajstić information content (AvgIpc) is 3.07. The summed E-state index contributed by atoms with van der Waals surface area (Å²) < 4.78 is 5.80. The molecule has 0 spiro atoms. The number of aromatic nitrogens is 1. The van der Waals surface area contributed by atoms with Crippen molar-refractivity contribution in [3.05, 3.63) is 36.2 Å². The number of oxazole rings is 1. The fourth-order valence-corrected chi connectivity index (χ4v) is 3.30. The summed E-state index contributed by atoms with van der Waals surface area (Å²) in [4.78, 5) is 15.5. The molecule has 0 radical (unpaired) electrons. The highest BCUT2D eigenvalue weighted by Gasteiger charge is 2.21. The molecule has 1 heterocycles. The van der Waals surface area contributed by atoms with Gasteiger partial charge >= 0.3 is 0 Å². The Bertz CT molecular complexity index is 698. The highest BCUT2D eigenvalue weighted by atomic mass is 16.4. The van der Waals surface area contributed by atoms with Gasteiger partial charge in [0.2, 0.25) is 11.8 Å². The Morgan fingerprint density at radius 2 is 1.76 bits per heavy atom. The molecule has 1 aromatic heterocycles. The number of nitrogens with one attached hydrogen (secondary N) is 2. The van der Waals surface area contributed by atoms with Crippen LogP contribution in [0, 0.1) is 0 Å². The second-order valence-electron chi connectivity index (χ2n) is 7.19. The van der Waals surface area contributed by atoms with E-state index in [2.05, 4.69) is 41.6 Å². The monoisotopic (exact) mass is 341 g/mol. The second kappa shape index (κ2) is 7.72. The molecule has 3 rings (SSSR count). The Labute approximate surface area is 149 Å². The van der Waals surface area contributed by atoms with Gasteiger partial charge in [-0.15, -0.1) is 0 Å². The number of carbonyl (C=O) groups excluding carboxylic acids is 1. The van der Waals surface area contributed by atoms with E-state index >= 15 is 0 Å². The van der Waals surface area contributed by atoms with Crippen molar-refractivity contribution in [3.63, 3.8) is 0 Å². The molecule has 1 aliphatic rings. The zero-order chi connectivity index (χ0) is 17.8. The van der Waals surface area contributed by atoms with Gasteiger partial charge in [0.15, 0.2) is 0 Å². The van der Waals surface area contributed by atoms with Crippen molar-refractivity contribution < 1.29 is 9.21 Å². The van der Waals surface area contributed by atoms with Crippen LogP contribution in [0.2, 0.25) is 0 Å². The number of anilines is 1. The highest BCUT2D eigenvalue weighted by Crippen LogP contribution is 2.26. The predicted octanol–water partition coefficient (Wildman–Crippen LogP) is 4.32. The van der Waals surface area contributed by atoms with Crippen LogP contribution in [-0.4, -0.2) is 23.0 Å². The van der Waals surface area contributed by atoms with Crippen LogP contribution in [0.3, 0.4) is 0 Å². The molecule has 5 nitrogen and oxygen atoms in total. The molecule has 0 atom stereocenters. The van der Waals surface area contributed by atoms with Crippen molar-refractivity contribution in [1.82, 2.24) is 10.3 Å². The van der Waals surface area contributed by atoms with Gasteiger partial charge in [-0.2, -0.15) is 0 Å². The van der Waals surface area contributed by atoms with Crippen molar-refractivity contribution in [1.29, 1.82) is 0 Å². The molecule has 1 saturated carbocycles. The van der Waals surface area contributed by atoms with Crippen LogP contribution in [0.5, 0.6) is 0 Å². The van der Waals surface area contributed by atoms with E-state index in [1.807, 2.05) is 12.1 Å². The standard InChI is InChI=1S/C20H27N3O2/c1-13(2)19-12-21-20(25-19)15-4-6-17(7-5-15)23-18-10-8-16(9-11-18)22-14(3)24/h4-7,12-13,16,18,23H,8-11H2,1-3H3,(H,22,24). The molecule has 0 bridgehead atoms. The lowest BCUT2D eigenvalue weighted by Gasteiger charge is -2.30. The van der Waals surface area contributed by atoms with Crippen molar-refractivity contribution in [2.45, 2.75) is 64.5 Å². The highest BCUT2D eigenvalue weighted by molar-refractivity contribution is 5.73. The first kappa shape index (κ1) is 17.5. The number of rotatable bonds is 5. The summed E-state index contributed by atoms with van der Waals surface area (Å²) in [5.41, 5.74) is 2.11. The Morgan fingerprint density at radius 1 is 1.12 bits per heavy atom. The average molecular weight is 341 g/mol. The SMILES string of the molecule is CC(=O)NC1CCC(Nc2ccc(-c3ncc(C(C)C)o3)cc2)CC1. The number of hydrogen-bond donors (Lipinski definition) is 2. The van der Waals surface area contributed by atoms with Gasteiger partial charge in [-0.25, -0.2) is 4.98 Å². The molecule has 5 heteroatoms. The maximum atomic E-state index is 11.1. The third-order valence-electron chi connectivity index (χ3n) is 4.73. The first-order valence-corrected chi connectivity index (χ1v) is 9.11. The van der Waals surface area contributed by atoms with Gasteiger partial charge in [0.25, 0.3) is 0 Å². The van der Waals surface area contributed by atoms with E-state index in [1.54, 1.807) is 13.1 Å². The molecule has 1 fully saturated rings. The van der Waals surface area contributed by atoms with Crippen molar-refractivity contribution >= 4 is 11.6 Å². The number of amides is 1. The Balaban J connectivity index is 1.55. The van der Waals surface area contributed by atoms with Gasteiger partial charge < -0.3 is 15.1 Å². The second-order valence-corrected chi connectivity index (χ2v) is 7.19. The lowest BCUT2D eigenvalue weighted by Crippen LogP contribution is -2.39. The molecule has 2 aromatic rings. The van der Waals surface area contributed by atoms with Crippen LogP contribution in [0.15, 0.2) is 34.9 Å². The summed E-state index contributed by atoms with van der Waals surface area (Å²) in [6.45, 7) is 5.78. The zero-order valence-electron chi connectivity index (χ0n) is 15.2. The fourth-order valence-electron chi connectivity index (χ4n) is 3.30. The minimum Gasteiger partial charge on any atom is -0.441 e. The molecule has 0 saturated heterocycles. The van der Waals surface area contributed by atoms with Crippen molar-refractivity contribution in [3.8, 4) is 11.5 Å². The zero-order valence-corrected chi connectivity index (χ0v) is 15.2. The van der Waals surface area contributed by atoms with Gasteiger partial charge in [-0.05, 0) is 49.9 Å². The van der Waals surface area contributed by atoms with Crippen LogP contribution >= 0.6 is 0 Å². The minimum absolute atomic E-state index is 0.0687. The smallest absolute Gasteiger partial charge is 0.226 e. The Morgan fingerprint density at radius 3 is 2.32 bits per heavy atom. The van der Waals surface area contributed by atoms with Crippen LogP contribution in [-0.2, 0) is 4.79 Å². The number of benzene rings is 1. The van der Waals surface area contributed by atoms with Crippen LogP contribution in [0.1, 0.15) is 58.1 Å². The molecule has 1 aromatic carbocycles. The van der Waals surface area contributed by atoms with Gasteiger partial charge in [0.1, 0.15) is 5.76 Å². The van der Waals surface area contributed by atoms with Crippen molar-refractivity contribution in [2.75, 3.05) is 5.32 Å². The number of hydrogen-bond acceptors (Lipinski definition) is 4. The van der Waals surface area contributed by atoms with E-state index in [0.717, 1.165) is 42.7 Å². The summed E-state index contributed by atoms with van der Waals surface area (Å²) in [5.74, 6) is 1.99. The third kappa shape index (κ3) is 4.62. The van der Waals surface area contributed by atoms with E-state index in [1.165, 1.54) is 0 Å². The van der Waals surface area contributed by atoms with E-state index in [9.17, 15) is 4.79 Å². The molecular formula is C20H27N3O2. The van der Waals surface area contributed by atoms with E-state index in [-0.39, 0.29) is 5.91 Å². The molecule has 0 aliphatic heterocycles. The Hall–Kier alpha value is -2.30.